The zero-order valence-electron chi connectivity index (χ0n) is 18.2. The standard InChI is InChI=1S/C20H23N5O4.C2H4O2/c1-12(29-19(28)14-7-9-15(10-8-14)24-20(22)23)18(27)25-16(17(21)26)11-13-5-3-2-4-6-13;1-2(3)4/h2-10,12,16H,11H2,1H3,(H2,21,26)(H,25,27)(H4,22,23,24);1H3,(H,3,4). The molecule has 33 heavy (non-hydrogen) atoms. The lowest BCUT2D eigenvalue weighted by atomic mass is 10.1. The van der Waals surface area contributed by atoms with Gasteiger partial charge in [-0.05, 0) is 36.8 Å². The number of hydrogen-bond acceptors (Lipinski definition) is 6. The van der Waals surface area contributed by atoms with Gasteiger partial charge in [-0.15, -0.1) is 0 Å². The van der Waals surface area contributed by atoms with Crippen molar-refractivity contribution in [1.82, 2.24) is 5.32 Å². The van der Waals surface area contributed by atoms with Crippen LogP contribution in [0.15, 0.2) is 59.6 Å². The first-order valence-corrected chi connectivity index (χ1v) is 9.73. The number of hydrogen-bond donors (Lipinski definition) is 5. The van der Waals surface area contributed by atoms with Crippen LogP contribution in [0.4, 0.5) is 5.69 Å². The van der Waals surface area contributed by atoms with Gasteiger partial charge in [-0.3, -0.25) is 14.4 Å². The predicted octanol–water partition coefficient (Wildman–Crippen LogP) is 0.441. The number of esters is 1. The van der Waals surface area contributed by atoms with Crippen LogP contribution < -0.4 is 22.5 Å². The summed E-state index contributed by atoms with van der Waals surface area (Å²) in [6.45, 7) is 2.49. The molecule has 8 N–H and O–H groups in total. The van der Waals surface area contributed by atoms with Crippen molar-refractivity contribution in [2.24, 2.45) is 22.2 Å². The smallest absolute Gasteiger partial charge is 0.338 e. The van der Waals surface area contributed by atoms with Crippen molar-refractivity contribution in [1.29, 1.82) is 0 Å². The molecule has 0 bridgehead atoms. The van der Waals surface area contributed by atoms with E-state index in [1.165, 1.54) is 31.2 Å². The largest absolute Gasteiger partial charge is 0.481 e. The number of ether oxygens (including phenoxy) is 1. The van der Waals surface area contributed by atoms with E-state index in [4.69, 9.17) is 31.8 Å². The van der Waals surface area contributed by atoms with Crippen molar-refractivity contribution < 1.29 is 29.0 Å². The number of carbonyl (C=O) groups is 4. The van der Waals surface area contributed by atoms with E-state index in [1.54, 1.807) is 0 Å². The van der Waals surface area contributed by atoms with Crippen molar-refractivity contribution in [3.63, 3.8) is 0 Å². The molecule has 0 radical (unpaired) electrons. The summed E-state index contributed by atoms with van der Waals surface area (Å²) < 4.78 is 5.16. The number of carbonyl (C=O) groups excluding carboxylic acids is 3. The third-order valence-corrected chi connectivity index (χ3v) is 3.96. The number of aliphatic imine (C=N–C) groups is 1. The number of nitrogens with zero attached hydrogens (tertiary/aromatic N) is 1. The molecule has 2 atom stereocenters. The summed E-state index contributed by atoms with van der Waals surface area (Å²) in [5.74, 6) is -2.96. The molecule has 11 nitrogen and oxygen atoms in total. The molecule has 176 valence electrons. The Hall–Kier alpha value is -4.41. The van der Waals surface area contributed by atoms with Gasteiger partial charge < -0.3 is 32.4 Å². The lowest BCUT2D eigenvalue weighted by Crippen LogP contribution is -2.49. The maximum atomic E-state index is 12.3. The number of benzene rings is 2. The van der Waals surface area contributed by atoms with Crippen LogP contribution >= 0.6 is 0 Å². The minimum atomic E-state index is -1.13. The van der Waals surface area contributed by atoms with Crippen LogP contribution in [0.1, 0.15) is 29.8 Å². The molecule has 0 aliphatic rings. The van der Waals surface area contributed by atoms with Gasteiger partial charge in [0.25, 0.3) is 11.9 Å². The van der Waals surface area contributed by atoms with Crippen molar-refractivity contribution in [2.45, 2.75) is 32.4 Å². The van der Waals surface area contributed by atoms with Gasteiger partial charge in [0.2, 0.25) is 5.91 Å². The SMILES string of the molecule is CC(=O)O.CC(OC(=O)c1ccc(N=C(N)N)cc1)C(=O)NC(Cc1ccccc1)C(N)=O. The highest BCUT2D eigenvalue weighted by molar-refractivity contribution is 5.94. The molecule has 2 unspecified atom stereocenters. The number of carboxylic acids is 1. The zero-order chi connectivity index (χ0) is 25.0. The summed E-state index contributed by atoms with van der Waals surface area (Å²) in [4.78, 5) is 49.1. The monoisotopic (exact) mass is 457 g/mol. The molecule has 2 amide bonds. The van der Waals surface area contributed by atoms with Crippen molar-refractivity contribution in [3.8, 4) is 0 Å². The quantitative estimate of drug-likeness (QED) is 0.213. The van der Waals surface area contributed by atoms with Crippen LogP contribution in [0.2, 0.25) is 0 Å². The van der Waals surface area contributed by atoms with Gasteiger partial charge in [-0.2, -0.15) is 0 Å². The average Bonchev–Trinajstić information content (AvgIpc) is 2.73. The molecule has 0 fully saturated rings. The first-order chi connectivity index (χ1) is 15.5. The first kappa shape index (κ1) is 26.6. The fourth-order valence-corrected chi connectivity index (χ4v) is 2.46. The molecule has 0 heterocycles. The second-order valence-corrected chi connectivity index (χ2v) is 6.80. The Kier molecular flexibility index (Phi) is 10.6. The third-order valence-electron chi connectivity index (χ3n) is 3.96. The van der Waals surface area contributed by atoms with Crippen LogP contribution in [-0.4, -0.2) is 47.0 Å². The number of primary amides is 1. The minimum absolute atomic E-state index is 0.106. The Bertz CT molecular complexity index is 984. The summed E-state index contributed by atoms with van der Waals surface area (Å²) >= 11 is 0. The van der Waals surface area contributed by atoms with E-state index in [0.717, 1.165) is 12.5 Å². The van der Waals surface area contributed by atoms with Gasteiger partial charge >= 0.3 is 5.97 Å². The van der Waals surface area contributed by atoms with Gasteiger partial charge in [-0.25, -0.2) is 9.79 Å². The topological polar surface area (TPSA) is 200 Å². The van der Waals surface area contributed by atoms with Crippen LogP contribution in [0.5, 0.6) is 0 Å². The van der Waals surface area contributed by atoms with E-state index in [-0.39, 0.29) is 17.9 Å². The Morgan fingerprint density at radius 3 is 2.03 bits per heavy atom. The molecule has 0 aromatic heterocycles. The average molecular weight is 457 g/mol. The van der Waals surface area contributed by atoms with E-state index in [0.29, 0.717) is 5.69 Å². The number of amides is 2. The Labute approximate surface area is 190 Å². The molecule has 0 spiro atoms. The van der Waals surface area contributed by atoms with Crippen molar-refractivity contribution in [2.75, 3.05) is 0 Å². The van der Waals surface area contributed by atoms with E-state index in [9.17, 15) is 14.4 Å². The van der Waals surface area contributed by atoms with Crippen LogP contribution in [0, 0.1) is 0 Å². The molecule has 2 aromatic carbocycles. The highest BCUT2D eigenvalue weighted by atomic mass is 16.5. The van der Waals surface area contributed by atoms with Gasteiger partial charge in [-0.1, -0.05) is 30.3 Å². The third kappa shape index (κ3) is 10.4. The molecule has 0 saturated carbocycles. The van der Waals surface area contributed by atoms with Gasteiger partial charge in [0.1, 0.15) is 6.04 Å². The van der Waals surface area contributed by atoms with Crippen LogP contribution in [0.25, 0.3) is 0 Å². The highest BCUT2D eigenvalue weighted by Crippen LogP contribution is 2.14. The van der Waals surface area contributed by atoms with Gasteiger partial charge in [0.05, 0.1) is 11.3 Å². The van der Waals surface area contributed by atoms with Gasteiger partial charge in [0, 0.05) is 13.3 Å². The highest BCUT2D eigenvalue weighted by Gasteiger charge is 2.24. The lowest BCUT2D eigenvalue weighted by Gasteiger charge is -2.19. The van der Waals surface area contributed by atoms with Crippen molar-refractivity contribution in [3.05, 3.63) is 65.7 Å². The van der Waals surface area contributed by atoms with Crippen LogP contribution in [-0.2, 0) is 25.5 Å². The van der Waals surface area contributed by atoms with Crippen molar-refractivity contribution >= 4 is 35.4 Å². The molecular weight excluding hydrogens is 430 g/mol. The summed E-state index contributed by atoms with van der Waals surface area (Å²) in [5.41, 5.74) is 17.5. The number of guanidine groups is 1. The Morgan fingerprint density at radius 1 is 1.00 bits per heavy atom. The summed E-state index contributed by atoms with van der Waals surface area (Å²) in [6, 6.07) is 14.2. The van der Waals surface area contributed by atoms with E-state index in [2.05, 4.69) is 10.3 Å². The van der Waals surface area contributed by atoms with Crippen LogP contribution in [0.3, 0.4) is 0 Å². The number of nitrogens with two attached hydrogens (primary N) is 3. The maximum absolute atomic E-state index is 12.3. The maximum Gasteiger partial charge on any atom is 0.338 e. The Morgan fingerprint density at radius 2 is 1.55 bits per heavy atom. The normalized spacial score (nSPS) is 11.6. The molecular formula is C22H27N5O6. The summed E-state index contributed by atoms with van der Waals surface area (Å²) in [5, 5.41) is 9.93. The predicted molar refractivity (Wildman–Crippen MR) is 121 cm³/mol. The number of aliphatic carboxylic acids is 1. The molecule has 2 aromatic rings. The fraction of sp³-hybridized carbons (Fsp3) is 0.227. The number of rotatable bonds is 8. The first-order valence-electron chi connectivity index (χ1n) is 9.73. The number of carboxylic acid groups (broad SMARTS) is 1. The van der Waals surface area contributed by atoms with E-state index >= 15 is 0 Å². The summed E-state index contributed by atoms with van der Waals surface area (Å²) in [6.07, 6.45) is -0.896. The van der Waals surface area contributed by atoms with E-state index in [1.807, 2.05) is 30.3 Å². The zero-order valence-corrected chi connectivity index (χ0v) is 18.2. The fourth-order valence-electron chi connectivity index (χ4n) is 2.46. The molecule has 0 aliphatic heterocycles. The number of nitrogens with one attached hydrogen (secondary N) is 1. The second kappa shape index (κ2) is 13.1. The van der Waals surface area contributed by atoms with E-state index < -0.39 is 35.9 Å². The summed E-state index contributed by atoms with van der Waals surface area (Å²) in [7, 11) is 0. The lowest BCUT2D eigenvalue weighted by molar-refractivity contribution is -0.134. The molecule has 11 heteroatoms. The molecule has 0 aliphatic carbocycles. The van der Waals surface area contributed by atoms with Gasteiger partial charge in [0.15, 0.2) is 12.1 Å². The molecule has 0 saturated heterocycles. The minimum Gasteiger partial charge on any atom is -0.481 e. The Balaban J connectivity index is 0.00000125. The second-order valence-electron chi connectivity index (χ2n) is 6.80. The molecule has 2 rings (SSSR count).